The Kier molecular flexibility index (Phi) is 4.61. The highest BCUT2D eigenvalue weighted by molar-refractivity contribution is 6.02. The van der Waals surface area contributed by atoms with E-state index in [0.29, 0.717) is 6.04 Å². The van der Waals surface area contributed by atoms with Crippen LogP contribution in [0.3, 0.4) is 0 Å². The summed E-state index contributed by atoms with van der Waals surface area (Å²) in [5, 5.41) is 4.48. The van der Waals surface area contributed by atoms with Crippen molar-refractivity contribution in [2.75, 3.05) is 6.54 Å². The summed E-state index contributed by atoms with van der Waals surface area (Å²) >= 11 is 0. The van der Waals surface area contributed by atoms with Gasteiger partial charge in [0.05, 0.1) is 0 Å². The molecule has 0 saturated heterocycles. The Morgan fingerprint density at radius 2 is 1.50 bits per heavy atom. The van der Waals surface area contributed by atoms with Crippen LogP contribution in [0.15, 0.2) is 65.8 Å². The van der Waals surface area contributed by atoms with Crippen LogP contribution in [-0.4, -0.2) is 23.2 Å². The molecule has 0 spiro atoms. The minimum atomic E-state index is -0.0678. The van der Waals surface area contributed by atoms with Gasteiger partial charge in [0.2, 0.25) is 6.23 Å². The summed E-state index contributed by atoms with van der Waals surface area (Å²) in [7, 11) is 0. The lowest BCUT2D eigenvalue weighted by molar-refractivity contribution is -0.0922. The van der Waals surface area contributed by atoms with E-state index in [1.54, 1.807) is 0 Å². The van der Waals surface area contributed by atoms with Crippen LogP contribution in [0.2, 0.25) is 0 Å². The third kappa shape index (κ3) is 3.22. The molecule has 124 valence electrons. The van der Waals surface area contributed by atoms with Gasteiger partial charge in [0.1, 0.15) is 5.71 Å². The number of benzene rings is 2. The predicted octanol–water partition coefficient (Wildman–Crippen LogP) is 4.75. The smallest absolute Gasteiger partial charge is 0.207 e. The van der Waals surface area contributed by atoms with Crippen molar-refractivity contribution in [3.8, 4) is 0 Å². The summed E-state index contributed by atoms with van der Waals surface area (Å²) in [6.45, 7) is 0.855. The van der Waals surface area contributed by atoms with E-state index in [0.717, 1.165) is 17.8 Å². The number of nitrogens with zero attached hydrogens (tertiary/aromatic N) is 2. The normalized spacial score (nSPS) is 22.7. The Balaban J connectivity index is 1.64. The highest BCUT2D eigenvalue weighted by Crippen LogP contribution is 2.33. The average molecular weight is 320 g/mol. The number of oxime groups is 1. The van der Waals surface area contributed by atoms with E-state index >= 15 is 0 Å². The first-order valence-corrected chi connectivity index (χ1v) is 9.00. The van der Waals surface area contributed by atoms with Gasteiger partial charge in [-0.3, -0.25) is 4.90 Å². The van der Waals surface area contributed by atoms with Crippen molar-refractivity contribution in [3.63, 3.8) is 0 Å². The van der Waals surface area contributed by atoms with Gasteiger partial charge in [0, 0.05) is 23.7 Å². The molecule has 4 rings (SSSR count). The highest BCUT2D eigenvalue weighted by Gasteiger charge is 2.34. The molecule has 0 aromatic heterocycles. The molecular formula is C21H24N2O. The first-order chi connectivity index (χ1) is 11.9. The Morgan fingerprint density at radius 1 is 0.833 bits per heavy atom. The molecule has 24 heavy (non-hydrogen) atoms. The van der Waals surface area contributed by atoms with E-state index in [9.17, 15) is 0 Å². The third-order valence-corrected chi connectivity index (χ3v) is 5.13. The maximum Gasteiger partial charge on any atom is 0.207 e. The monoisotopic (exact) mass is 320 g/mol. The fourth-order valence-corrected chi connectivity index (χ4v) is 3.84. The highest BCUT2D eigenvalue weighted by atomic mass is 16.7. The molecule has 3 heteroatoms. The molecule has 2 aromatic carbocycles. The van der Waals surface area contributed by atoms with Crippen molar-refractivity contribution < 1.29 is 4.84 Å². The Hall–Kier alpha value is -2.13. The van der Waals surface area contributed by atoms with E-state index in [1.165, 1.54) is 37.7 Å². The summed E-state index contributed by atoms with van der Waals surface area (Å²) < 4.78 is 0. The van der Waals surface area contributed by atoms with Crippen LogP contribution >= 0.6 is 0 Å². The van der Waals surface area contributed by atoms with E-state index in [2.05, 4.69) is 64.7 Å². The lowest BCUT2D eigenvalue weighted by Crippen LogP contribution is -2.46. The molecule has 2 aliphatic rings. The Morgan fingerprint density at radius 3 is 2.21 bits per heavy atom. The van der Waals surface area contributed by atoms with Crippen molar-refractivity contribution in [2.24, 2.45) is 5.16 Å². The summed E-state index contributed by atoms with van der Waals surface area (Å²) in [4.78, 5) is 8.53. The molecule has 3 nitrogen and oxygen atoms in total. The fraction of sp³-hybridized carbons (Fsp3) is 0.381. The van der Waals surface area contributed by atoms with Crippen LogP contribution in [0, 0.1) is 0 Å². The summed E-state index contributed by atoms with van der Waals surface area (Å²) in [5.74, 6) is 0. The van der Waals surface area contributed by atoms with E-state index in [1.807, 2.05) is 6.07 Å². The van der Waals surface area contributed by atoms with Gasteiger partial charge in [-0.2, -0.15) is 0 Å². The first kappa shape index (κ1) is 15.4. The molecule has 0 N–H and O–H groups in total. The van der Waals surface area contributed by atoms with Gasteiger partial charge in [0.25, 0.3) is 0 Å². The van der Waals surface area contributed by atoms with Gasteiger partial charge < -0.3 is 4.84 Å². The zero-order chi connectivity index (χ0) is 16.2. The molecule has 0 bridgehead atoms. The SMILES string of the molecule is c1ccc(C2=NOC(c3ccccc3)N(C3CCCCC3)C2)cc1. The second-order valence-electron chi connectivity index (χ2n) is 6.74. The molecule has 1 fully saturated rings. The summed E-state index contributed by atoms with van der Waals surface area (Å²) in [6, 6.07) is 21.5. The largest absolute Gasteiger partial charge is 0.371 e. The Labute approximate surface area is 143 Å². The first-order valence-electron chi connectivity index (χ1n) is 9.00. The van der Waals surface area contributed by atoms with Crippen molar-refractivity contribution in [1.29, 1.82) is 0 Å². The van der Waals surface area contributed by atoms with Gasteiger partial charge in [0.15, 0.2) is 0 Å². The zero-order valence-electron chi connectivity index (χ0n) is 14.0. The van der Waals surface area contributed by atoms with Crippen molar-refractivity contribution in [3.05, 3.63) is 71.8 Å². The zero-order valence-corrected chi connectivity index (χ0v) is 14.0. The van der Waals surface area contributed by atoms with Gasteiger partial charge in [-0.15, -0.1) is 0 Å². The minimum absolute atomic E-state index is 0.0678. The van der Waals surface area contributed by atoms with Crippen molar-refractivity contribution in [1.82, 2.24) is 4.90 Å². The van der Waals surface area contributed by atoms with Crippen molar-refractivity contribution in [2.45, 2.75) is 44.4 Å². The lowest BCUT2D eigenvalue weighted by atomic mass is 9.92. The minimum Gasteiger partial charge on any atom is -0.371 e. The molecule has 1 atom stereocenters. The molecule has 1 heterocycles. The van der Waals surface area contributed by atoms with E-state index in [-0.39, 0.29) is 6.23 Å². The molecule has 0 amide bonds. The Bertz CT molecular complexity index is 677. The van der Waals surface area contributed by atoms with Crippen LogP contribution in [0.25, 0.3) is 0 Å². The molecule has 1 saturated carbocycles. The van der Waals surface area contributed by atoms with Gasteiger partial charge in [-0.05, 0) is 12.8 Å². The maximum atomic E-state index is 6.01. The standard InChI is InChI=1S/C21H24N2O/c1-4-10-17(11-5-1)20-16-23(19-14-8-3-9-15-19)21(24-22-20)18-12-6-2-7-13-18/h1-2,4-7,10-13,19,21H,3,8-9,14-16H2. The summed E-state index contributed by atoms with van der Waals surface area (Å²) in [5.41, 5.74) is 3.39. The second kappa shape index (κ2) is 7.18. The third-order valence-electron chi connectivity index (χ3n) is 5.13. The van der Waals surface area contributed by atoms with E-state index in [4.69, 9.17) is 4.84 Å². The number of hydrogen-bond donors (Lipinski definition) is 0. The molecule has 1 aliphatic heterocycles. The maximum absolute atomic E-state index is 6.01. The van der Waals surface area contributed by atoms with Crippen LogP contribution in [-0.2, 0) is 4.84 Å². The molecule has 1 unspecified atom stereocenters. The van der Waals surface area contributed by atoms with Crippen LogP contribution in [0.1, 0.15) is 49.5 Å². The molecule has 0 radical (unpaired) electrons. The van der Waals surface area contributed by atoms with Crippen LogP contribution in [0.4, 0.5) is 0 Å². The second-order valence-corrected chi connectivity index (χ2v) is 6.74. The summed E-state index contributed by atoms with van der Waals surface area (Å²) in [6.07, 6.45) is 6.45. The van der Waals surface area contributed by atoms with Gasteiger partial charge in [-0.25, -0.2) is 0 Å². The van der Waals surface area contributed by atoms with Crippen LogP contribution in [0.5, 0.6) is 0 Å². The lowest BCUT2D eigenvalue weighted by Gasteiger charge is -2.41. The number of hydrogen-bond acceptors (Lipinski definition) is 3. The van der Waals surface area contributed by atoms with Crippen LogP contribution < -0.4 is 0 Å². The number of rotatable bonds is 3. The quantitative estimate of drug-likeness (QED) is 0.815. The molecular weight excluding hydrogens is 296 g/mol. The average Bonchev–Trinajstić information content (AvgIpc) is 2.69. The molecule has 1 aliphatic carbocycles. The predicted molar refractivity (Wildman–Crippen MR) is 96.8 cm³/mol. The molecule has 2 aromatic rings. The van der Waals surface area contributed by atoms with Gasteiger partial charge in [-0.1, -0.05) is 85.1 Å². The van der Waals surface area contributed by atoms with Gasteiger partial charge >= 0.3 is 0 Å². The topological polar surface area (TPSA) is 24.8 Å². The van der Waals surface area contributed by atoms with Crippen molar-refractivity contribution >= 4 is 5.71 Å². The van der Waals surface area contributed by atoms with E-state index < -0.39 is 0 Å². The fourth-order valence-electron chi connectivity index (χ4n) is 3.84.